The predicted octanol–water partition coefficient (Wildman–Crippen LogP) is 4.69. The van der Waals surface area contributed by atoms with E-state index in [2.05, 4.69) is 46.4 Å². The molecule has 0 amide bonds. The lowest BCUT2D eigenvalue weighted by Crippen LogP contribution is -2.23. The normalized spacial score (nSPS) is 17.6. The van der Waals surface area contributed by atoms with Crippen LogP contribution in [0.1, 0.15) is 50.6 Å². The zero-order valence-corrected chi connectivity index (χ0v) is 13.5. The largest absolute Gasteiger partial charge is 0.497 e. The van der Waals surface area contributed by atoms with Crippen LogP contribution in [0.3, 0.4) is 0 Å². The van der Waals surface area contributed by atoms with E-state index in [4.69, 9.17) is 4.74 Å². The third-order valence-corrected chi connectivity index (χ3v) is 4.76. The summed E-state index contributed by atoms with van der Waals surface area (Å²) in [6.45, 7) is 3.19. The summed E-state index contributed by atoms with van der Waals surface area (Å²) in [6.07, 6.45) is 6.87. The second-order valence-electron chi connectivity index (χ2n) is 5.38. The molecule has 1 aromatic rings. The van der Waals surface area contributed by atoms with E-state index in [-0.39, 0.29) is 0 Å². The summed E-state index contributed by atoms with van der Waals surface area (Å²) in [5.74, 6) is 1.80. The van der Waals surface area contributed by atoms with E-state index in [1.807, 2.05) is 0 Å². The quantitative estimate of drug-likeness (QED) is 0.819. The molecule has 0 saturated heterocycles. The Morgan fingerprint density at radius 1 is 1.37 bits per heavy atom. The number of hydrogen-bond donors (Lipinski definition) is 1. The second-order valence-corrected chi connectivity index (χ2v) is 6.24. The highest BCUT2D eigenvalue weighted by atomic mass is 79.9. The van der Waals surface area contributed by atoms with Crippen molar-refractivity contribution >= 4 is 15.9 Å². The third-order valence-electron chi connectivity index (χ3n) is 4.08. The first kappa shape index (κ1) is 14.9. The molecule has 1 unspecified atom stereocenters. The average molecular weight is 326 g/mol. The van der Waals surface area contributed by atoms with Crippen LogP contribution in [0.25, 0.3) is 0 Å². The molecule has 1 aromatic carbocycles. The molecule has 1 aliphatic carbocycles. The molecule has 0 heterocycles. The Kier molecular flexibility index (Phi) is 5.71. The lowest BCUT2D eigenvalue weighted by molar-refractivity contribution is 0.397. The van der Waals surface area contributed by atoms with Crippen molar-refractivity contribution in [1.29, 1.82) is 0 Å². The van der Waals surface area contributed by atoms with Gasteiger partial charge in [-0.25, -0.2) is 0 Å². The van der Waals surface area contributed by atoms with Crippen molar-refractivity contribution < 1.29 is 4.74 Å². The standard InChI is InChI=1S/C16H24BrNO/c1-3-18-16(10-12-6-4-5-7-12)14-9-8-13(19-2)11-15(14)17/h8-9,11-12,16,18H,3-7,10H2,1-2H3. The van der Waals surface area contributed by atoms with Crippen LogP contribution in [-0.2, 0) is 0 Å². The maximum absolute atomic E-state index is 5.27. The number of methoxy groups -OCH3 is 1. The van der Waals surface area contributed by atoms with Gasteiger partial charge in [0.2, 0.25) is 0 Å². The Labute approximate surface area is 125 Å². The van der Waals surface area contributed by atoms with E-state index in [1.54, 1.807) is 7.11 Å². The zero-order chi connectivity index (χ0) is 13.7. The van der Waals surface area contributed by atoms with Crippen LogP contribution in [0, 0.1) is 5.92 Å². The Morgan fingerprint density at radius 2 is 2.11 bits per heavy atom. The lowest BCUT2D eigenvalue weighted by Gasteiger charge is -2.23. The topological polar surface area (TPSA) is 21.3 Å². The van der Waals surface area contributed by atoms with Crippen molar-refractivity contribution in [3.8, 4) is 5.75 Å². The number of ether oxygens (including phenoxy) is 1. The SMILES string of the molecule is CCNC(CC1CCCC1)c1ccc(OC)cc1Br. The molecule has 0 radical (unpaired) electrons. The van der Waals surface area contributed by atoms with Gasteiger partial charge in [-0.15, -0.1) is 0 Å². The van der Waals surface area contributed by atoms with Crippen LogP contribution < -0.4 is 10.1 Å². The molecule has 0 bridgehead atoms. The van der Waals surface area contributed by atoms with Gasteiger partial charge in [-0.1, -0.05) is 54.6 Å². The van der Waals surface area contributed by atoms with Gasteiger partial charge in [0, 0.05) is 10.5 Å². The minimum absolute atomic E-state index is 0.452. The summed E-state index contributed by atoms with van der Waals surface area (Å²) in [6, 6.07) is 6.76. The molecule has 1 aliphatic rings. The Hall–Kier alpha value is -0.540. The molecule has 1 fully saturated rings. The van der Waals surface area contributed by atoms with Gasteiger partial charge in [0.1, 0.15) is 5.75 Å². The molecule has 0 spiro atoms. The fourth-order valence-electron chi connectivity index (χ4n) is 3.06. The molecule has 0 aliphatic heterocycles. The lowest BCUT2D eigenvalue weighted by atomic mass is 9.93. The van der Waals surface area contributed by atoms with Gasteiger partial charge in [-0.05, 0) is 36.6 Å². The van der Waals surface area contributed by atoms with Gasteiger partial charge in [-0.3, -0.25) is 0 Å². The van der Waals surface area contributed by atoms with Crippen LogP contribution in [-0.4, -0.2) is 13.7 Å². The van der Waals surface area contributed by atoms with Crippen molar-refractivity contribution in [1.82, 2.24) is 5.32 Å². The van der Waals surface area contributed by atoms with Crippen molar-refractivity contribution in [3.05, 3.63) is 28.2 Å². The van der Waals surface area contributed by atoms with Gasteiger partial charge in [0.25, 0.3) is 0 Å². The van der Waals surface area contributed by atoms with Crippen LogP contribution in [0.15, 0.2) is 22.7 Å². The van der Waals surface area contributed by atoms with Crippen LogP contribution >= 0.6 is 15.9 Å². The summed E-state index contributed by atoms with van der Waals surface area (Å²) < 4.78 is 6.42. The van der Waals surface area contributed by atoms with Crippen molar-refractivity contribution in [2.24, 2.45) is 5.92 Å². The first-order chi connectivity index (χ1) is 9.24. The summed E-state index contributed by atoms with van der Waals surface area (Å²) >= 11 is 3.69. The van der Waals surface area contributed by atoms with Crippen LogP contribution in [0.5, 0.6) is 5.75 Å². The van der Waals surface area contributed by atoms with Gasteiger partial charge < -0.3 is 10.1 Å². The smallest absolute Gasteiger partial charge is 0.120 e. The number of benzene rings is 1. The Balaban J connectivity index is 2.12. The maximum Gasteiger partial charge on any atom is 0.120 e. The number of hydrogen-bond acceptors (Lipinski definition) is 2. The Morgan fingerprint density at radius 3 is 2.68 bits per heavy atom. The van der Waals surface area contributed by atoms with Crippen LogP contribution in [0.2, 0.25) is 0 Å². The summed E-state index contributed by atoms with van der Waals surface area (Å²) in [4.78, 5) is 0. The molecular weight excluding hydrogens is 302 g/mol. The fraction of sp³-hybridized carbons (Fsp3) is 0.625. The molecule has 19 heavy (non-hydrogen) atoms. The highest BCUT2D eigenvalue weighted by Crippen LogP contribution is 2.36. The molecule has 2 rings (SSSR count). The molecule has 1 N–H and O–H groups in total. The van der Waals surface area contributed by atoms with E-state index in [1.165, 1.54) is 37.7 Å². The summed E-state index contributed by atoms with van der Waals surface area (Å²) in [5.41, 5.74) is 1.36. The van der Waals surface area contributed by atoms with E-state index >= 15 is 0 Å². The van der Waals surface area contributed by atoms with Crippen LogP contribution in [0.4, 0.5) is 0 Å². The minimum Gasteiger partial charge on any atom is -0.497 e. The highest BCUT2D eigenvalue weighted by molar-refractivity contribution is 9.10. The summed E-state index contributed by atoms with van der Waals surface area (Å²) in [7, 11) is 1.71. The molecule has 106 valence electrons. The van der Waals surface area contributed by atoms with E-state index < -0.39 is 0 Å². The first-order valence-electron chi connectivity index (χ1n) is 7.31. The molecule has 3 heteroatoms. The third kappa shape index (κ3) is 3.96. The van der Waals surface area contributed by atoms with Gasteiger partial charge in [0.15, 0.2) is 0 Å². The monoisotopic (exact) mass is 325 g/mol. The Bertz CT molecular complexity index is 402. The minimum atomic E-state index is 0.452. The molecule has 1 saturated carbocycles. The first-order valence-corrected chi connectivity index (χ1v) is 8.10. The van der Waals surface area contributed by atoms with Gasteiger partial charge in [-0.2, -0.15) is 0 Å². The van der Waals surface area contributed by atoms with E-state index in [0.717, 1.165) is 22.7 Å². The number of rotatable bonds is 6. The average Bonchev–Trinajstić information content (AvgIpc) is 2.91. The zero-order valence-electron chi connectivity index (χ0n) is 11.9. The van der Waals surface area contributed by atoms with Gasteiger partial charge >= 0.3 is 0 Å². The molecular formula is C16H24BrNO. The summed E-state index contributed by atoms with van der Waals surface area (Å²) in [5, 5.41) is 3.63. The van der Waals surface area contributed by atoms with Crippen molar-refractivity contribution in [2.75, 3.05) is 13.7 Å². The van der Waals surface area contributed by atoms with Gasteiger partial charge in [0.05, 0.1) is 7.11 Å². The maximum atomic E-state index is 5.27. The van der Waals surface area contributed by atoms with E-state index in [0.29, 0.717) is 6.04 Å². The van der Waals surface area contributed by atoms with Crippen molar-refractivity contribution in [3.63, 3.8) is 0 Å². The number of nitrogens with one attached hydrogen (secondary N) is 1. The molecule has 1 atom stereocenters. The predicted molar refractivity (Wildman–Crippen MR) is 83.7 cm³/mol. The number of halogens is 1. The molecule has 2 nitrogen and oxygen atoms in total. The highest BCUT2D eigenvalue weighted by Gasteiger charge is 2.22. The molecule has 0 aromatic heterocycles. The second kappa shape index (κ2) is 7.30. The fourth-order valence-corrected chi connectivity index (χ4v) is 3.70. The van der Waals surface area contributed by atoms with Crippen molar-refractivity contribution in [2.45, 2.75) is 45.1 Å². The van der Waals surface area contributed by atoms with E-state index in [9.17, 15) is 0 Å².